The highest BCUT2D eigenvalue weighted by molar-refractivity contribution is 7.47. The SMILES string of the molecule is Nc1ccn([C@@H]2C[C@H](CO)[C@@H](OP(=O)(O)OC[C@H]3C[C@@H](n4cnc5c(N)ncnc54)[C@H](O)[C@@H]3O)[C@H]2O)c(=O)n1. The number of nitrogen functional groups attached to an aromatic ring is 2. The van der Waals surface area contributed by atoms with E-state index in [0.29, 0.717) is 11.2 Å². The van der Waals surface area contributed by atoms with E-state index >= 15 is 0 Å². The van der Waals surface area contributed by atoms with Crippen LogP contribution in [0.4, 0.5) is 11.6 Å². The Labute approximate surface area is 220 Å². The number of anilines is 2. The lowest BCUT2D eigenvalue weighted by molar-refractivity contribution is -0.0231. The molecule has 2 saturated carbocycles. The molecule has 9 N–H and O–H groups in total. The number of aliphatic hydroxyl groups is 4. The summed E-state index contributed by atoms with van der Waals surface area (Å²) >= 11 is 0. The molecule has 0 spiro atoms. The quantitative estimate of drug-likeness (QED) is 0.144. The first-order chi connectivity index (χ1) is 18.5. The summed E-state index contributed by atoms with van der Waals surface area (Å²) in [6.07, 6.45) is -1.22. The van der Waals surface area contributed by atoms with E-state index < -0.39 is 75.1 Å². The van der Waals surface area contributed by atoms with Crippen LogP contribution in [-0.4, -0.2) is 92.0 Å². The molecule has 3 aromatic heterocycles. The zero-order valence-corrected chi connectivity index (χ0v) is 21.3. The van der Waals surface area contributed by atoms with Crippen molar-refractivity contribution >= 4 is 30.6 Å². The van der Waals surface area contributed by atoms with Crippen molar-refractivity contribution in [2.45, 2.75) is 49.3 Å². The molecule has 212 valence electrons. The molecule has 1 unspecified atom stereocenters. The third kappa shape index (κ3) is 5.15. The molecule has 0 aromatic carbocycles. The number of hydrogen-bond acceptors (Lipinski definition) is 14. The van der Waals surface area contributed by atoms with Crippen molar-refractivity contribution in [3.05, 3.63) is 35.4 Å². The Bertz CT molecular complexity index is 1450. The van der Waals surface area contributed by atoms with Gasteiger partial charge in [0.05, 0.1) is 31.1 Å². The van der Waals surface area contributed by atoms with Gasteiger partial charge in [0.25, 0.3) is 0 Å². The molecule has 3 aromatic rings. The predicted octanol–water partition coefficient (Wildman–Crippen LogP) is -2.05. The summed E-state index contributed by atoms with van der Waals surface area (Å²) in [6.45, 7) is -0.971. The lowest BCUT2D eigenvalue weighted by Crippen LogP contribution is -2.36. The molecule has 0 aliphatic heterocycles. The van der Waals surface area contributed by atoms with Gasteiger partial charge in [-0.15, -0.1) is 0 Å². The summed E-state index contributed by atoms with van der Waals surface area (Å²) in [5.74, 6) is -1.44. The van der Waals surface area contributed by atoms with Crippen LogP contribution < -0.4 is 17.2 Å². The second kappa shape index (κ2) is 10.5. The Hall–Kier alpha value is -3.02. The van der Waals surface area contributed by atoms with Gasteiger partial charge in [0.1, 0.15) is 36.0 Å². The van der Waals surface area contributed by atoms with E-state index in [1.54, 1.807) is 4.57 Å². The van der Waals surface area contributed by atoms with Crippen molar-refractivity contribution in [2.24, 2.45) is 11.8 Å². The molecule has 0 saturated heterocycles. The third-order valence-corrected chi connectivity index (χ3v) is 8.39. The number of imidazole rings is 1. The van der Waals surface area contributed by atoms with Crippen LogP contribution >= 0.6 is 7.82 Å². The fraction of sp³-hybridized carbons (Fsp3) is 0.571. The van der Waals surface area contributed by atoms with Gasteiger partial charge in [0.15, 0.2) is 11.5 Å². The van der Waals surface area contributed by atoms with Crippen LogP contribution in [0.15, 0.2) is 29.7 Å². The van der Waals surface area contributed by atoms with Crippen LogP contribution in [0.1, 0.15) is 24.9 Å². The first-order valence-corrected chi connectivity index (χ1v) is 13.6. The lowest BCUT2D eigenvalue weighted by atomic mass is 10.1. The van der Waals surface area contributed by atoms with E-state index in [1.165, 1.54) is 24.9 Å². The molecular weight excluding hydrogens is 539 g/mol. The van der Waals surface area contributed by atoms with Crippen molar-refractivity contribution < 1.29 is 38.9 Å². The number of fused-ring (bicyclic) bond motifs is 1. The number of hydrogen-bond donors (Lipinski definition) is 7. The van der Waals surface area contributed by atoms with Crippen molar-refractivity contribution in [3.8, 4) is 0 Å². The summed E-state index contributed by atoms with van der Waals surface area (Å²) in [5.41, 5.74) is 11.3. The van der Waals surface area contributed by atoms with Gasteiger partial charge in [0.2, 0.25) is 0 Å². The standard InChI is InChI=1S/C21H29N8O9P/c22-13-1-2-28(21(34)27-13)12-3-9(5-30)18(17(12)33)38-39(35,36)37-6-10-4-11(16(32)15(10)31)29-8-26-14-19(23)24-7-25-20(14)29/h1-2,7-12,15-18,30-33H,3-6H2,(H,35,36)(H2,22,27,34)(H2,23,24,25)/t9-,10-,11-,12-,15-,16+,17+,18-/m1/s1. The van der Waals surface area contributed by atoms with Crippen LogP contribution in [0, 0.1) is 11.8 Å². The molecule has 3 heterocycles. The Morgan fingerprint density at radius 1 is 1.03 bits per heavy atom. The molecule has 9 atom stereocenters. The summed E-state index contributed by atoms with van der Waals surface area (Å²) in [4.78, 5) is 38.4. The third-order valence-electron chi connectivity index (χ3n) is 7.41. The normalized spacial score (nSPS) is 32.5. The van der Waals surface area contributed by atoms with Crippen LogP contribution in [0.25, 0.3) is 11.2 Å². The largest absolute Gasteiger partial charge is 0.472 e. The molecule has 18 heteroatoms. The fourth-order valence-corrected chi connectivity index (χ4v) is 6.44. The maximum atomic E-state index is 12.8. The van der Waals surface area contributed by atoms with Crippen molar-refractivity contribution in [1.29, 1.82) is 0 Å². The van der Waals surface area contributed by atoms with E-state index in [1.807, 2.05) is 0 Å². The monoisotopic (exact) mass is 568 g/mol. The number of aliphatic hydroxyl groups excluding tert-OH is 4. The van der Waals surface area contributed by atoms with Crippen LogP contribution in [0.2, 0.25) is 0 Å². The first-order valence-electron chi connectivity index (χ1n) is 12.1. The van der Waals surface area contributed by atoms with Gasteiger partial charge >= 0.3 is 13.5 Å². The highest BCUT2D eigenvalue weighted by atomic mass is 31.2. The average Bonchev–Trinajstić information content (AvgIpc) is 3.53. The molecule has 2 aliphatic rings. The van der Waals surface area contributed by atoms with Gasteiger partial charge in [-0.05, 0) is 18.9 Å². The minimum atomic E-state index is -4.83. The minimum Gasteiger partial charge on any atom is -0.396 e. The molecule has 5 rings (SSSR count). The summed E-state index contributed by atoms with van der Waals surface area (Å²) < 4.78 is 25.9. The zero-order chi connectivity index (χ0) is 28.1. The topological polar surface area (TPSA) is 267 Å². The molecule has 0 radical (unpaired) electrons. The number of nitrogens with zero attached hydrogens (tertiary/aromatic N) is 6. The van der Waals surface area contributed by atoms with Crippen LogP contribution in [0.3, 0.4) is 0 Å². The highest BCUT2D eigenvalue weighted by Crippen LogP contribution is 2.51. The van der Waals surface area contributed by atoms with Gasteiger partial charge in [0, 0.05) is 24.6 Å². The first kappa shape index (κ1) is 27.5. The number of phosphoric ester groups is 1. The lowest BCUT2D eigenvalue weighted by Gasteiger charge is -2.25. The molecule has 0 bridgehead atoms. The molecule has 17 nitrogen and oxygen atoms in total. The van der Waals surface area contributed by atoms with Gasteiger partial charge in [-0.25, -0.2) is 24.3 Å². The number of rotatable bonds is 8. The van der Waals surface area contributed by atoms with Crippen molar-refractivity contribution in [1.82, 2.24) is 29.1 Å². The Morgan fingerprint density at radius 2 is 1.74 bits per heavy atom. The number of phosphoric acid groups is 1. The Balaban J connectivity index is 1.26. The summed E-state index contributed by atoms with van der Waals surface area (Å²) in [6, 6.07) is -0.225. The number of aromatic nitrogens is 6. The van der Waals surface area contributed by atoms with Crippen molar-refractivity contribution in [2.75, 3.05) is 24.7 Å². The van der Waals surface area contributed by atoms with E-state index in [0.717, 1.165) is 4.57 Å². The molecule has 2 fully saturated rings. The second-order valence-electron chi connectivity index (χ2n) is 9.74. The molecule has 2 aliphatic carbocycles. The summed E-state index contributed by atoms with van der Waals surface area (Å²) in [5, 5.41) is 41.9. The highest BCUT2D eigenvalue weighted by Gasteiger charge is 2.49. The average molecular weight is 568 g/mol. The molecule has 0 amide bonds. The maximum Gasteiger partial charge on any atom is 0.472 e. The number of nitrogens with two attached hydrogens (primary N) is 2. The van der Waals surface area contributed by atoms with Gasteiger partial charge in [-0.1, -0.05) is 0 Å². The fourth-order valence-electron chi connectivity index (χ4n) is 5.39. The van der Waals surface area contributed by atoms with E-state index in [-0.39, 0.29) is 24.5 Å². The molecular formula is C21H29N8O9P. The predicted molar refractivity (Wildman–Crippen MR) is 133 cm³/mol. The Kier molecular flexibility index (Phi) is 7.43. The van der Waals surface area contributed by atoms with Crippen LogP contribution in [0.5, 0.6) is 0 Å². The van der Waals surface area contributed by atoms with Gasteiger partial charge in [-0.2, -0.15) is 4.98 Å². The minimum absolute atomic E-state index is 0.0106. The van der Waals surface area contributed by atoms with Crippen LogP contribution in [-0.2, 0) is 13.6 Å². The smallest absolute Gasteiger partial charge is 0.396 e. The molecule has 39 heavy (non-hydrogen) atoms. The van der Waals surface area contributed by atoms with Gasteiger partial charge in [-0.3, -0.25) is 13.6 Å². The zero-order valence-electron chi connectivity index (χ0n) is 20.4. The van der Waals surface area contributed by atoms with E-state index in [9.17, 15) is 34.7 Å². The summed E-state index contributed by atoms with van der Waals surface area (Å²) in [7, 11) is -4.83. The van der Waals surface area contributed by atoms with E-state index in [2.05, 4.69) is 19.9 Å². The maximum absolute atomic E-state index is 12.8. The Morgan fingerprint density at radius 3 is 2.46 bits per heavy atom. The van der Waals surface area contributed by atoms with E-state index in [4.69, 9.17) is 20.5 Å². The van der Waals surface area contributed by atoms with Gasteiger partial charge < -0.3 is 41.4 Å². The van der Waals surface area contributed by atoms with Crippen molar-refractivity contribution in [3.63, 3.8) is 0 Å². The second-order valence-corrected chi connectivity index (χ2v) is 11.1.